The summed E-state index contributed by atoms with van der Waals surface area (Å²) in [7, 11) is 0. The van der Waals surface area contributed by atoms with Gasteiger partial charge in [-0.1, -0.05) is 17.7 Å². The zero-order valence-corrected chi connectivity index (χ0v) is 15.8. The summed E-state index contributed by atoms with van der Waals surface area (Å²) in [6.07, 6.45) is 2.03. The molecule has 1 aromatic carbocycles. The van der Waals surface area contributed by atoms with E-state index < -0.39 is 0 Å². The molecule has 2 atom stereocenters. The number of fused-ring (bicyclic) bond motifs is 5. The number of hydrogen-bond donors (Lipinski definition) is 0. The second-order valence-corrected chi connectivity index (χ2v) is 7.89. The molecule has 26 heavy (non-hydrogen) atoms. The van der Waals surface area contributed by atoms with E-state index in [-0.39, 0.29) is 17.9 Å². The van der Waals surface area contributed by atoms with Crippen LogP contribution in [0.15, 0.2) is 24.3 Å². The van der Waals surface area contributed by atoms with Gasteiger partial charge in [0.05, 0.1) is 11.1 Å². The molecule has 2 bridgehead atoms. The number of aryl methyl sites for hydroxylation is 1. The lowest BCUT2D eigenvalue weighted by atomic mass is 9.94. The monoisotopic (exact) mass is 371 g/mol. The highest BCUT2D eigenvalue weighted by Gasteiger charge is 2.38. The average molecular weight is 372 g/mol. The van der Waals surface area contributed by atoms with Crippen LogP contribution in [0.5, 0.6) is 0 Å². The van der Waals surface area contributed by atoms with Crippen LogP contribution in [0.2, 0.25) is 5.02 Å². The summed E-state index contributed by atoms with van der Waals surface area (Å²) in [5.74, 6) is 0.476. The molecule has 2 aromatic rings. The number of hydrogen-bond acceptors (Lipinski definition) is 3. The summed E-state index contributed by atoms with van der Waals surface area (Å²) in [5.41, 5.74) is 2.21. The predicted molar refractivity (Wildman–Crippen MR) is 101 cm³/mol. The molecular formula is C20H22ClN3O2. The Morgan fingerprint density at radius 3 is 2.73 bits per heavy atom. The molecule has 0 aliphatic carbocycles. The van der Waals surface area contributed by atoms with Gasteiger partial charge in [-0.15, -0.1) is 0 Å². The minimum absolute atomic E-state index is 0.0305. The van der Waals surface area contributed by atoms with Crippen molar-refractivity contribution in [3.05, 3.63) is 40.5 Å². The van der Waals surface area contributed by atoms with E-state index in [0.717, 1.165) is 36.0 Å². The molecule has 2 amide bonds. The standard InChI is InChI=1S/C20H22ClN3O2/c1-12-7-18(17-6-4-15(21)8-19(17)22-12)20(26)24-10-14-3-5-16(24)11-23(9-14)13(2)25/h4,6-8,14,16H,3,5,9-11H2,1-2H3/t14-,16+/m1/s1. The summed E-state index contributed by atoms with van der Waals surface area (Å²) >= 11 is 6.10. The molecular weight excluding hydrogens is 350 g/mol. The van der Waals surface area contributed by atoms with E-state index in [4.69, 9.17) is 11.6 Å². The van der Waals surface area contributed by atoms with Crippen LogP contribution < -0.4 is 0 Å². The Morgan fingerprint density at radius 2 is 1.96 bits per heavy atom. The Labute approximate surface area is 157 Å². The van der Waals surface area contributed by atoms with Gasteiger partial charge >= 0.3 is 0 Å². The van der Waals surface area contributed by atoms with Crippen molar-refractivity contribution >= 4 is 34.3 Å². The van der Waals surface area contributed by atoms with Gasteiger partial charge in [0.1, 0.15) is 0 Å². The van der Waals surface area contributed by atoms with Crippen LogP contribution in [0.3, 0.4) is 0 Å². The third kappa shape index (κ3) is 3.05. The Morgan fingerprint density at radius 1 is 1.15 bits per heavy atom. The van der Waals surface area contributed by atoms with Crippen LogP contribution in [0, 0.1) is 12.8 Å². The number of piperidine rings is 1. The molecule has 0 saturated carbocycles. The van der Waals surface area contributed by atoms with Crippen molar-refractivity contribution in [2.24, 2.45) is 5.92 Å². The summed E-state index contributed by atoms with van der Waals surface area (Å²) in [5, 5.41) is 1.44. The van der Waals surface area contributed by atoms with Crippen LogP contribution >= 0.6 is 11.6 Å². The van der Waals surface area contributed by atoms with Gasteiger partial charge in [-0.25, -0.2) is 0 Å². The first-order chi connectivity index (χ1) is 12.4. The topological polar surface area (TPSA) is 53.5 Å². The van der Waals surface area contributed by atoms with Crippen molar-refractivity contribution < 1.29 is 9.59 Å². The first-order valence-electron chi connectivity index (χ1n) is 9.06. The molecule has 0 radical (unpaired) electrons. The highest BCUT2D eigenvalue weighted by Crippen LogP contribution is 2.31. The Kier molecular flexibility index (Phi) is 4.35. The van der Waals surface area contributed by atoms with E-state index in [1.54, 1.807) is 19.1 Å². The Hall–Kier alpha value is -2.14. The fourth-order valence-corrected chi connectivity index (χ4v) is 4.42. The number of rotatable bonds is 1. The first-order valence-corrected chi connectivity index (χ1v) is 9.43. The highest BCUT2D eigenvalue weighted by molar-refractivity contribution is 6.31. The SMILES string of the molecule is CC(=O)N1C[C@H]2CC[C@@H](C1)N(C(=O)c1cc(C)nc3cc(Cl)ccc13)C2. The molecule has 0 spiro atoms. The molecule has 0 unspecified atom stereocenters. The van der Waals surface area contributed by atoms with Crippen molar-refractivity contribution in [1.29, 1.82) is 0 Å². The Bertz CT molecular complexity index is 893. The molecule has 5 rings (SSSR count). The molecule has 3 aliphatic rings. The lowest BCUT2D eigenvalue weighted by molar-refractivity contribution is -0.129. The minimum atomic E-state index is 0.0305. The zero-order valence-electron chi connectivity index (χ0n) is 15.0. The van der Waals surface area contributed by atoms with Crippen LogP contribution in [0.1, 0.15) is 35.8 Å². The van der Waals surface area contributed by atoms with E-state index in [1.807, 2.05) is 28.9 Å². The number of carbonyl (C=O) groups excluding carboxylic acids is 2. The van der Waals surface area contributed by atoms with Crippen molar-refractivity contribution in [3.63, 3.8) is 0 Å². The molecule has 0 N–H and O–H groups in total. The van der Waals surface area contributed by atoms with Gasteiger partial charge in [0.25, 0.3) is 5.91 Å². The molecule has 136 valence electrons. The maximum atomic E-state index is 13.4. The number of pyridine rings is 1. The number of amides is 2. The van der Waals surface area contributed by atoms with E-state index in [1.165, 1.54) is 0 Å². The number of benzene rings is 1. The summed E-state index contributed by atoms with van der Waals surface area (Å²) < 4.78 is 0. The number of halogens is 1. The minimum Gasteiger partial charge on any atom is -0.341 e. The molecule has 5 nitrogen and oxygen atoms in total. The maximum Gasteiger partial charge on any atom is 0.254 e. The van der Waals surface area contributed by atoms with Crippen LogP contribution in [-0.2, 0) is 4.79 Å². The summed E-state index contributed by atoms with van der Waals surface area (Å²) in [6, 6.07) is 7.41. The average Bonchev–Trinajstić information content (AvgIpc) is 2.92. The van der Waals surface area contributed by atoms with Crippen LogP contribution in [0.4, 0.5) is 0 Å². The predicted octanol–water partition coefficient (Wildman–Crippen LogP) is 3.28. The summed E-state index contributed by atoms with van der Waals surface area (Å²) in [4.78, 5) is 33.7. The van der Waals surface area contributed by atoms with Gasteiger partial charge in [0, 0.05) is 48.7 Å². The normalized spacial score (nSPS) is 22.6. The van der Waals surface area contributed by atoms with Gasteiger partial charge in [-0.05, 0) is 43.9 Å². The fourth-order valence-electron chi connectivity index (χ4n) is 4.25. The van der Waals surface area contributed by atoms with Gasteiger partial charge in [0.2, 0.25) is 5.91 Å². The maximum absolute atomic E-state index is 13.4. The number of carbonyl (C=O) groups is 2. The zero-order chi connectivity index (χ0) is 18.4. The van der Waals surface area contributed by atoms with Gasteiger partial charge < -0.3 is 9.80 Å². The van der Waals surface area contributed by atoms with Crippen LogP contribution in [-0.4, -0.2) is 52.3 Å². The first kappa shape index (κ1) is 17.3. The van der Waals surface area contributed by atoms with E-state index in [0.29, 0.717) is 29.6 Å². The largest absolute Gasteiger partial charge is 0.341 e. The van der Waals surface area contributed by atoms with Gasteiger partial charge in [0.15, 0.2) is 0 Å². The van der Waals surface area contributed by atoms with Crippen molar-refractivity contribution in [3.8, 4) is 0 Å². The van der Waals surface area contributed by atoms with E-state index in [9.17, 15) is 9.59 Å². The summed E-state index contributed by atoms with van der Waals surface area (Å²) in [6.45, 7) is 5.60. The van der Waals surface area contributed by atoms with E-state index >= 15 is 0 Å². The van der Waals surface area contributed by atoms with Crippen LogP contribution in [0.25, 0.3) is 10.9 Å². The van der Waals surface area contributed by atoms with E-state index in [2.05, 4.69) is 4.98 Å². The van der Waals surface area contributed by atoms with Gasteiger partial charge in [-0.2, -0.15) is 0 Å². The lowest BCUT2D eigenvalue weighted by Gasteiger charge is -2.36. The fraction of sp³-hybridized carbons (Fsp3) is 0.450. The second-order valence-electron chi connectivity index (χ2n) is 7.45. The third-order valence-electron chi connectivity index (χ3n) is 5.55. The van der Waals surface area contributed by atoms with Crippen molar-refractivity contribution in [2.75, 3.05) is 19.6 Å². The molecule has 1 aromatic heterocycles. The molecule has 3 saturated heterocycles. The highest BCUT2D eigenvalue weighted by atomic mass is 35.5. The quantitative estimate of drug-likeness (QED) is 0.773. The van der Waals surface area contributed by atoms with Crippen molar-refractivity contribution in [1.82, 2.24) is 14.8 Å². The number of aromatic nitrogens is 1. The smallest absolute Gasteiger partial charge is 0.254 e. The van der Waals surface area contributed by atoms with Crippen molar-refractivity contribution in [2.45, 2.75) is 32.7 Å². The third-order valence-corrected chi connectivity index (χ3v) is 5.79. The molecule has 4 heterocycles. The lowest BCUT2D eigenvalue weighted by Crippen LogP contribution is -2.47. The Balaban J connectivity index is 1.72. The molecule has 3 fully saturated rings. The molecule has 3 aliphatic heterocycles. The second kappa shape index (κ2) is 6.54. The molecule has 6 heteroatoms. The van der Waals surface area contributed by atoms with Gasteiger partial charge in [-0.3, -0.25) is 14.6 Å². The number of nitrogens with zero attached hydrogens (tertiary/aromatic N) is 3.